The smallest absolute Gasteiger partial charge is 0.409 e. The lowest BCUT2D eigenvalue weighted by atomic mass is 10.1. The van der Waals surface area contributed by atoms with Crippen molar-refractivity contribution in [3.05, 3.63) is 0 Å². The maximum absolute atomic E-state index is 10.7. The molecule has 10 heavy (non-hydrogen) atoms. The molecule has 4 nitrogen and oxygen atoms in total. The lowest BCUT2D eigenvalue weighted by Crippen LogP contribution is -2.43. The molecule has 0 radical (unpaired) electrons. The first kappa shape index (κ1) is 7.34. The third-order valence-corrected chi connectivity index (χ3v) is 1.62. The van der Waals surface area contributed by atoms with Gasteiger partial charge in [0.2, 0.25) is 0 Å². The lowest BCUT2D eigenvalue weighted by molar-refractivity contribution is 0.0555. The topological polar surface area (TPSA) is 55.6 Å². The van der Waals surface area contributed by atoms with Gasteiger partial charge in [-0.05, 0) is 0 Å². The van der Waals surface area contributed by atoms with Crippen LogP contribution in [0.2, 0.25) is 0 Å². The standard InChI is InChI=1S/C6H12N2O2/c1-8-3-5(2-7)4-10-6(8)9/h5H,2-4,7H2,1H3/t5-/m1/s1. The maximum atomic E-state index is 10.7. The Hall–Kier alpha value is -0.770. The van der Waals surface area contributed by atoms with Crippen molar-refractivity contribution in [2.75, 3.05) is 26.7 Å². The number of hydrogen-bond donors (Lipinski definition) is 1. The molecule has 1 heterocycles. The SMILES string of the molecule is CN1C[C@@H](CN)COC1=O. The Bertz CT molecular complexity index is 138. The van der Waals surface area contributed by atoms with Gasteiger partial charge in [-0.2, -0.15) is 0 Å². The van der Waals surface area contributed by atoms with Crippen molar-refractivity contribution in [2.24, 2.45) is 11.7 Å². The number of hydrogen-bond acceptors (Lipinski definition) is 3. The van der Waals surface area contributed by atoms with Crippen LogP contribution in [0.5, 0.6) is 0 Å². The molecule has 1 aliphatic rings. The van der Waals surface area contributed by atoms with Crippen molar-refractivity contribution < 1.29 is 9.53 Å². The molecule has 1 aliphatic heterocycles. The summed E-state index contributed by atoms with van der Waals surface area (Å²) >= 11 is 0. The maximum Gasteiger partial charge on any atom is 0.409 e. The fraction of sp³-hybridized carbons (Fsp3) is 0.833. The number of carbonyl (C=O) groups excluding carboxylic acids is 1. The summed E-state index contributed by atoms with van der Waals surface area (Å²) in [5.41, 5.74) is 5.39. The molecule has 0 aromatic heterocycles. The fourth-order valence-electron chi connectivity index (χ4n) is 0.956. The third-order valence-electron chi connectivity index (χ3n) is 1.62. The molecule has 0 spiro atoms. The summed E-state index contributed by atoms with van der Waals surface area (Å²) in [4.78, 5) is 12.3. The molecule has 2 N–H and O–H groups in total. The van der Waals surface area contributed by atoms with E-state index in [9.17, 15) is 4.79 Å². The van der Waals surface area contributed by atoms with Crippen LogP contribution in [0, 0.1) is 5.92 Å². The van der Waals surface area contributed by atoms with Crippen LogP contribution in [0.1, 0.15) is 0 Å². The van der Waals surface area contributed by atoms with Crippen LogP contribution in [0.4, 0.5) is 4.79 Å². The molecule has 1 amide bonds. The van der Waals surface area contributed by atoms with E-state index < -0.39 is 0 Å². The van der Waals surface area contributed by atoms with Crippen LogP contribution in [0.3, 0.4) is 0 Å². The Balaban J connectivity index is 2.40. The number of rotatable bonds is 1. The molecule has 1 fully saturated rings. The van der Waals surface area contributed by atoms with Crippen LogP contribution in [-0.2, 0) is 4.74 Å². The zero-order valence-corrected chi connectivity index (χ0v) is 6.04. The van der Waals surface area contributed by atoms with Crippen molar-refractivity contribution in [3.63, 3.8) is 0 Å². The highest BCUT2D eigenvalue weighted by Gasteiger charge is 2.22. The van der Waals surface area contributed by atoms with E-state index in [1.165, 1.54) is 0 Å². The molecule has 1 atom stereocenters. The number of nitrogens with zero attached hydrogens (tertiary/aromatic N) is 1. The van der Waals surface area contributed by atoms with Crippen molar-refractivity contribution in [1.29, 1.82) is 0 Å². The molecular weight excluding hydrogens is 132 g/mol. The largest absolute Gasteiger partial charge is 0.449 e. The van der Waals surface area contributed by atoms with Gasteiger partial charge in [0.15, 0.2) is 0 Å². The molecule has 58 valence electrons. The molecular formula is C6H12N2O2. The summed E-state index contributed by atoms with van der Waals surface area (Å²) in [6, 6.07) is 0. The van der Waals surface area contributed by atoms with Crippen molar-refractivity contribution in [1.82, 2.24) is 4.90 Å². The van der Waals surface area contributed by atoms with Crippen LogP contribution in [0.25, 0.3) is 0 Å². The van der Waals surface area contributed by atoms with Gasteiger partial charge in [0, 0.05) is 26.1 Å². The predicted octanol–water partition coefficient (Wildman–Crippen LogP) is -0.357. The average Bonchev–Trinajstić information content (AvgIpc) is 1.95. The van der Waals surface area contributed by atoms with Crippen molar-refractivity contribution >= 4 is 6.09 Å². The van der Waals surface area contributed by atoms with E-state index in [2.05, 4.69) is 0 Å². The van der Waals surface area contributed by atoms with E-state index in [1.807, 2.05) is 0 Å². The minimum Gasteiger partial charge on any atom is -0.449 e. The van der Waals surface area contributed by atoms with Crippen molar-refractivity contribution in [2.45, 2.75) is 0 Å². The molecule has 1 saturated heterocycles. The number of nitrogens with two attached hydrogens (primary N) is 1. The molecule has 0 aromatic rings. The Labute approximate surface area is 59.9 Å². The molecule has 0 aliphatic carbocycles. The van der Waals surface area contributed by atoms with E-state index >= 15 is 0 Å². The van der Waals surface area contributed by atoms with Gasteiger partial charge in [0.1, 0.15) is 0 Å². The van der Waals surface area contributed by atoms with Crippen LogP contribution in [-0.4, -0.2) is 37.7 Å². The zero-order chi connectivity index (χ0) is 7.56. The highest BCUT2D eigenvalue weighted by Crippen LogP contribution is 2.06. The monoisotopic (exact) mass is 144 g/mol. The molecule has 1 rings (SSSR count). The predicted molar refractivity (Wildman–Crippen MR) is 36.5 cm³/mol. The number of amides is 1. The van der Waals surface area contributed by atoms with Crippen molar-refractivity contribution in [3.8, 4) is 0 Å². The van der Waals surface area contributed by atoms with Crippen LogP contribution in [0.15, 0.2) is 0 Å². The molecule has 4 heteroatoms. The molecule has 0 saturated carbocycles. The Morgan fingerprint density at radius 2 is 2.60 bits per heavy atom. The summed E-state index contributed by atoms with van der Waals surface area (Å²) < 4.78 is 4.80. The first-order valence-electron chi connectivity index (χ1n) is 3.32. The number of cyclic esters (lactones) is 1. The first-order chi connectivity index (χ1) is 4.74. The second-order valence-electron chi connectivity index (χ2n) is 2.56. The summed E-state index contributed by atoms with van der Waals surface area (Å²) in [5.74, 6) is 0.308. The van der Waals surface area contributed by atoms with E-state index in [1.54, 1.807) is 11.9 Å². The second-order valence-corrected chi connectivity index (χ2v) is 2.56. The van der Waals surface area contributed by atoms with Crippen LogP contribution >= 0.6 is 0 Å². The highest BCUT2D eigenvalue weighted by atomic mass is 16.6. The lowest BCUT2D eigenvalue weighted by Gasteiger charge is -2.28. The van der Waals surface area contributed by atoms with Gasteiger partial charge in [-0.3, -0.25) is 0 Å². The van der Waals surface area contributed by atoms with Gasteiger partial charge in [-0.1, -0.05) is 0 Å². The second kappa shape index (κ2) is 2.88. The number of carbonyl (C=O) groups is 1. The number of ether oxygens (including phenoxy) is 1. The average molecular weight is 144 g/mol. The van der Waals surface area contributed by atoms with Gasteiger partial charge in [0.05, 0.1) is 6.61 Å². The zero-order valence-electron chi connectivity index (χ0n) is 6.04. The highest BCUT2D eigenvalue weighted by molar-refractivity contribution is 5.67. The minimum absolute atomic E-state index is 0.246. The summed E-state index contributed by atoms with van der Waals surface area (Å²) in [6.07, 6.45) is -0.246. The fourth-order valence-corrected chi connectivity index (χ4v) is 0.956. The van der Waals surface area contributed by atoms with E-state index in [-0.39, 0.29) is 6.09 Å². The van der Waals surface area contributed by atoms with Gasteiger partial charge < -0.3 is 15.4 Å². The van der Waals surface area contributed by atoms with E-state index in [0.29, 0.717) is 19.1 Å². The molecule has 0 bridgehead atoms. The van der Waals surface area contributed by atoms with Crippen LogP contribution < -0.4 is 5.73 Å². The Morgan fingerprint density at radius 3 is 3.10 bits per heavy atom. The molecule has 0 aromatic carbocycles. The normalized spacial score (nSPS) is 26.4. The summed E-state index contributed by atoms with van der Waals surface area (Å²) in [6.45, 7) is 1.77. The Morgan fingerprint density at radius 1 is 1.90 bits per heavy atom. The summed E-state index contributed by atoms with van der Waals surface area (Å²) in [5, 5.41) is 0. The summed E-state index contributed by atoms with van der Waals surface area (Å²) in [7, 11) is 1.71. The van der Waals surface area contributed by atoms with Gasteiger partial charge in [0.25, 0.3) is 0 Å². The Kier molecular flexibility index (Phi) is 2.11. The third kappa shape index (κ3) is 1.39. The van der Waals surface area contributed by atoms with Gasteiger partial charge in [-0.15, -0.1) is 0 Å². The van der Waals surface area contributed by atoms with Gasteiger partial charge in [-0.25, -0.2) is 4.79 Å². The minimum atomic E-state index is -0.246. The quantitative estimate of drug-likeness (QED) is 0.547. The first-order valence-corrected chi connectivity index (χ1v) is 3.32. The van der Waals surface area contributed by atoms with E-state index in [4.69, 9.17) is 10.5 Å². The molecule has 0 unspecified atom stereocenters. The van der Waals surface area contributed by atoms with Gasteiger partial charge >= 0.3 is 6.09 Å². The van der Waals surface area contributed by atoms with E-state index in [0.717, 1.165) is 6.54 Å².